The van der Waals surface area contributed by atoms with Gasteiger partial charge in [-0.05, 0) is 25.8 Å². The number of methoxy groups -OCH3 is 1. The van der Waals surface area contributed by atoms with E-state index in [-0.39, 0.29) is 11.5 Å². The first-order valence-corrected chi connectivity index (χ1v) is 5.66. The third kappa shape index (κ3) is 6.13. The fourth-order valence-corrected chi connectivity index (χ4v) is 1.35. The third-order valence-corrected chi connectivity index (χ3v) is 2.92. The number of nitrogens with zero attached hydrogens (tertiary/aromatic N) is 1. The maximum Gasteiger partial charge on any atom is 0.0615 e. The summed E-state index contributed by atoms with van der Waals surface area (Å²) in [5.74, 6) is 0. The van der Waals surface area contributed by atoms with Gasteiger partial charge in [0.05, 0.1) is 12.7 Å². The number of hydrogen-bond acceptors (Lipinski definition) is 3. The van der Waals surface area contributed by atoms with Gasteiger partial charge < -0.3 is 14.7 Å². The molecule has 0 aliphatic rings. The molecule has 3 nitrogen and oxygen atoms in total. The van der Waals surface area contributed by atoms with E-state index in [9.17, 15) is 5.11 Å². The second-order valence-electron chi connectivity index (χ2n) is 5.46. The lowest BCUT2D eigenvalue weighted by molar-refractivity contribution is 0.0388. The first kappa shape index (κ1) is 14.9. The maximum atomic E-state index is 9.89. The van der Waals surface area contributed by atoms with Gasteiger partial charge in [0.15, 0.2) is 0 Å². The molecule has 0 spiro atoms. The van der Waals surface area contributed by atoms with Gasteiger partial charge >= 0.3 is 0 Å². The largest absolute Gasteiger partial charge is 0.393 e. The van der Waals surface area contributed by atoms with Gasteiger partial charge in [-0.1, -0.05) is 20.8 Å². The molecule has 1 N–H and O–H groups in total. The molecule has 0 radical (unpaired) electrons. The first-order valence-electron chi connectivity index (χ1n) is 5.66. The lowest BCUT2D eigenvalue weighted by Crippen LogP contribution is -2.37. The predicted molar refractivity (Wildman–Crippen MR) is 64.0 cm³/mol. The van der Waals surface area contributed by atoms with E-state index in [1.807, 2.05) is 0 Å². The van der Waals surface area contributed by atoms with Gasteiger partial charge in [-0.25, -0.2) is 0 Å². The van der Waals surface area contributed by atoms with Crippen molar-refractivity contribution in [2.75, 3.05) is 27.3 Å². The molecule has 0 amide bonds. The van der Waals surface area contributed by atoms with E-state index in [0.717, 1.165) is 19.6 Å². The van der Waals surface area contributed by atoms with Crippen LogP contribution in [0.15, 0.2) is 0 Å². The molecule has 2 unspecified atom stereocenters. The molecular formula is C12H27NO2. The predicted octanol–water partition coefficient (Wildman–Crippen LogP) is 1.75. The number of aliphatic hydroxyl groups is 1. The highest BCUT2D eigenvalue weighted by molar-refractivity contribution is 4.74. The van der Waals surface area contributed by atoms with Crippen LogP contribution in [-0.4, -0.2) is 49.5 Å². The molecule has 0 aromatic heterocycles. The van der Waals surface area contributed by atoms with Crippen molar-refractivity contribution in [2.45, 2.75) is 46.3 Å². The Hall–Kier alpha value is -0.120. The quantitative estimate of drug-likeness (QED) is 0.736. The van der Waals surface area contributed by atoms with E-state index in [0.29, 0.717) is 6.04 Å². The van der Waals surface area contributed by atoms with Crippen molar-refractivity contribution in [3.8, 4) is 0 Å². The Balaban J connectivity index is 3.85. The smallest absolute Gasteiger partial charge is 0.0615 e. The minimum atomic E-state index is -0.241. The third-order valence-electron chi connectivity index (χ3n) is 2.92. The summed E-state index contributed by atoms with van der Waals surface area (Å²) in [4.78, 5) is 2.22. The van der Waals surface area contributed by atoms with Gasteiger partial charge in [0.25, 0.3) is 0 Å². The Bertz CT molecular complexity index is 165. The summed E-state index contributed by atoms with van der Waals surface area (Å²) in [6.07, 6.45) is 0.573. The van der Waals surface area contributed by atoms with Crippen molar-refractivity contribution in [1.29, 1.82) is 0 Å². The molecule has 0 bridgehead atoms. The van der Waals surface area contributed by atoms with Gasteiger partial charge in [0.2, 0.25) is 0 Å². The van der Waals surface area contributed by atoms with Crippen molar-refractivity contribution in [2.24, 2.45) is 5.41 Å². The van der Waals surface area contributed by atoms with Crippen LogP contribution in [0.5, 0.6) is 0 Å². The van der Waals surface area contributed by atoms with E-state index in [4.69, 9.17) is 4.74 Å². The second-order valence-corrected chi connectivity index (χ2v) is 5.46. The Kier molecular flexibility index (Phi) is 6.41. The SMILES string of the molecule is COCC(C)N(C)CCC(O)C(C)(C)C. The molecule has 3 heteroatoms. The number of likely N-dealkylation sites (N-methyl/N-ethyl adjacent to an activating group) is 1. The van der Waals surface area contributed by atoms with Crippen LogP contribution in [0, 0.1) is 5.41 Å². The van der Waals surface area contributed by atoms with E-state index in [1.165, 1.54) is 0 Å². The molecule has 0 heterocycles. The van der Waals surface area contributed by atoms with Gasteiger partial charge in [-0.15, -0.1) is 0 Å². The van der Waals surface area contributed by atoms with E-state index in [2.05, 4.69) is 39.6 Å². The number of ether oxygens (including phenoxy) is 1. The number of aliphatic hydroxyl groups excluding tert-OH is 1. The molecule has 0 rings (SSSR count). The molecule has 0 saturated carbocycles. The molecule has 0 aromatic rings. The molecule has 0 aliphatic carbocycles. The van der Waals surface area contributed by atoms with Crippen LogP contribution < -0.4 is 0 Å². The highest BCUT2D eigenvalue weighted by Crippen LogP contribution is 2.21. The minimum Gasteiger partial charge on any atom is -0.393 e. The Morgan fingerprint density at radius 3 is 2.27 bits per heavy atom. The summed E-state index contributed by atoms with van der Waals surface area (Å²) in [6, 6.07) is 0.405. The standard InChI is InChI=1S/C12H27NO2/c1-10(9-15-6)13(5)8-7-11(14)12(2,3)4/h10-11,14H,7-9H2,1-6H3. The van der Waals surface area contributed by atoms with Crippen molar-refractivity contribution in [1.82, 2.24) is 4.90 Å². The number of hydrogen-bond donors (Lipinski definition) is 1. The van der Waals surface area contributed by atoms with Crippen LogP contribution >= 0.6 is 0 Å². The average Bonchev–Trinajstić information content (AvgIpc) is 2.12. The fourth-order valence-electron chi connectivity index (χ4n) is 1.35. The summed E-state index contributed by atoms with van der Waals surface area (Å²) < 4.78 is 5.09. The van der Waals surface area contributed by atoms with E-state index >= 15 is 0 Å². The lowest BCUT2D eigenvalue weighted by atomic mass is 9.87. The Labute approximate surface area is 94.4 Å². The lowest BCUT2D eigenvalue weighted by Gasteiger charge is -2.29. The van der Waals surface area contributed by atoms with Crippen LogP contribution in [-0.2, 0) is 4.74 Å². The highest BCUT2D eigenvalue weighted by Gasteiger charge is 2.22. The monoisotopic (exact) mass is 217 g/mol. The molecule has 0 saturated heterocycles. The normalized spacial score (nSPS) is 16.8. The van der Waals surface area contributed by atoms with Crippen molar-refractivity contribution >= 4 is 0 Å². The zero-order valence-corrected chi connectivity index (χ0v) is 11.1. The minimum absolute atomic E-state index is 0.0225. The van der Waals surface area contributed by atoms with Crippen LogP contribution in [0.3, 0.4) is 0 Å². The van der Waals surface area contributed by atoms with Crippen LogP contribution in [0.25, 0.3) is 0 Å². The van der Waals surface area contributed by atoms with Crippen molar-refractivity contribution in [3.63, 3.8) is 0 Å². The first-order chi connectivity index (χ1) is 6.79. The molecule has 0 aromatic carbocycles. The van der Waals surface area contributed by atoms with Crippen LogP contribution in [0.4, 0.5) is 0 Å². The zero-order valence-electron chi connectivity index (χ0n) is 11.1. The summed E-state index contributed by atoms with van der Waals surface area (Å²) in [7, 11) is 3.79. The molecule has 92 valence electrons. The highest BCUT2D eigenvalue weighted by atomic mass is 16.5. The summed E-state index contributed by atoms with van der Waals surface area (Å²) >= 11 is 0. The van der Waals surface area contributed by atoms with Crippen LogP contribution in [0.1, 0.15) is 34.1 Å². The zero-order chi connectivity index (χ0) is 12.1. The molecule has 15 heavy (non-hydrogen) atoms. The van der Waals surface area contributed by atoms with Crippen molar-refractivity contribution in [3.05, 3.63) is 0 Å². The van der Waals surface area contributed by atoms with Crippen LogP contribution in [0.2, 0.25) is 0 Å². The summed E-state index contributed by atoms with van der Waals surface area (Å²) in [5, 5.41) is 9.89. The molecule has 0 fully saturated rings. The van der Waals surface area contributed by atoms with Gasteiger partial charge in [-0.2, -0.15) is 0 Å². The molecule has 0 aliphatic heterocycles. The number of rotatable bonds is 6. The molecular weight excluding hydrogens is 190 g/mol. The Morgan fingerprint density at radius 2 is 1.87 bits per heavy atom. The van der Waals surface area contributed by atoms with Gasteiger partial charge in [-0.3, -0.25) is 0 Å². The van der Waals surface area contributed by atoms with E-state index < -0.39 is 0 Å². The summed E-state index contributed by atoms with van der Waals surface area (Å²) in [6.45, 7) is 9.97. The van der Waals surface area contributed by atoms with Gasteiger partial charge in [0, 0.05) is 19.7 Å². The Morgan fingerprint density at radius 1 is 1.33 bits per heavy atom. The van der Waals surface area contributed by atoms with Crippen molar-refractivity contribution < 1.29 is 9.84 Å². The second kappa shape index (κ2) is 6.46. The fraction of sp³-hybridized carbons (Fsp3) is 1.00. The summed E-state index contributed by atoms with van der Waals surface area (Å²) in [5.41, 5.74) is -0.0225. The van der Waals surface area contributed by atoms with Gasteiger partial charge in [0.1, 0.15) is 0 Å². The average molecular weight is 217 g/mol. The maximum absolute atomic E-state index is 9.89. The topological polar surface area (TPSA) is 32.7 Å². The molecule has 2 atom stereocenters. The van der Waals surface area contributed by atoms with E-state index in [1.54, 1.807) is 7.11 Å².